The number of carbonyl (C=O) groups is 3. The molecule has 0 radical (unpaired) electrons. The van der Waals surface area contributed by atoms with E-state index in [0.29, 0.717) is 31.9 Å². The summed E-state index contributed by atoms with van der Waals surface area (Å²) in [4.78, 5) is 46.3. The molecule has 2 aromatic rings. The Labute approximate surface area is 191 Å². The van der Waals surface area contributed by atoms with Crippen LogP contribution in [0.1, 0.15) is 70.1 Å². The fourth-order valence-corrected chi connectivity index (χ4v) is 6.98. The Morgan fingerprint density at radius 2 is 1.70 bits per heavy atom. The summed E-state index contributed by atoms with van der Waals surface area (Å²) >= 11 is 0. The molecular weight excluding hydrogens is 420 g/mol. The summed E-state index contributed by atoms with van der Waals surface area (Å²) in [7, 11) is 0. The molecule has 2 aromatic heterocycles. The number of rotatable bonds is 3. The minimum absolute atomic E-state index is 0.0564. The van der Waals surface area contributed by atoms with Crippen molar-refractivity contribution in [1.29, 1.82) is 0 Å². The zero-order chi connectivity index (χ0) is 22.8. The molecule has 3 atom stereocenters. The van der Waals surface area contributed by atoms with Gasteiger partial charge in [0.1, 0.15) is 5.69 Å². The van der Waals surface area contributed by atoms with Gasteiger partial charge in [-0.05, 0) is 43.4 Å². The maximum Gasteiger partial charge on any atom is 0.272 e. The van der Waals surface area contributed by atoms with Crippen molar-refractivity contribution in [3.8, 4) is 0 Å². The van der Waals surface area contributed by atoms with Gasteiger partial charge in [0, 0.05) is 43.2 Å². The molecule has 3 N–H and O–H groups in total. The SMILES string of the molecule is NC(=O)c1ccc(C(=O)N2CC34CCCCC3(C2)CN(C(=O)C2CCc3cn[nH]c32)C4)nc1. The standard InChI is InChI=1S/C24H28N6O3/c25-20(31)16-4-6-18(26-9-16)22(33)30-13-23-7-1-2-8-24(23,14-30)12-29(11-23)21(32)17-5-3-15-10-27-28-19(15)17/h4,6,9-10,17H,1-3,5,7-8,11-14H2,(H2,25,31)(H,27,28). The molecule has 33 heavy (non-hydrogen) atoms. The Hall–Kier alpha value is -3.23. The van der Waals surface area contributed by atoms with Gasteiger partial charge in [0.2, 0.25) is 11.8 Å². The maximum absolute atomic E-state index is 13.5. The molecule has 2 aliphatic heterocycles. The smallest absolute Gasteiger partial charge is 0.272 e. The van der Waals surface area contributed by atoms with E-state index in [1.54, 1.807) is 12.1 Å². The van der Waals surface area contributed by atoms with Gasteiger partial charge >= 0.3 is 0 Å². The number of aryl methyl sites for hydroxylation is 1. The van der Waals surface area contributed by atoms with Gasteiger partial charge in [-0.15, -0.1) is 0 Å². The fourth-order valence-electron chi connectivity index (χ4n) is 6.98. The van der Waals surface area contributed by atoms with E-state index in [1.165, 1.54) is 6.20 Å². The van der Waals surface area contributed by atoms with Crippen LogP contribution in [-0.4, -0.2) is 68.9 Å². The molecule has 4 aliphatic rings. The highest BCUT2D eigenvalue weighted by Crippen LogP contribution is 2.60. The number of nitrogens with two attached hydrogens (primary N) is 1. The summed E-state index contributed by atoms with van der Waals surface area (Å²) in [6.07, 6.45) is 9.28. The highest BCUT2D eigenvalue weighted by molar-refractivity contribution is 5.95. The predicted molar refractivity (Wildman–Crippen MR) is 118 cm³/mol. The van der Waals surface area contributed by atoms with E-state index in [0.717, 1.165) is 49.8 Å². The molecule has 6 rings (SSSR count). The van der Waals surface area contributed by atoms with Crippen LogP contribution < -0.4 is 5.73 Å². The third kappa shape index (κ3) is 2.94. The van der Waals surface area contributed by atoms with Crippen molar-refractivity contribution in [2.24, 2.45) is 16.6 Å². The molecule has 172 valence electrons. The Bertz CT molecular complexity index is 1120. The van der Waals surface area contributed by atoms with Crippen molar-refractivity contribution >= 4 is 17.7 Å². The van der Waals surface area contributed by atoms with Crippen LogP contribution in [-0.2, 0) is 11.2 Å². The van der Waals surface area contributed by atoms with Gasteiger partial charge in [-0.1, -0.05) is 12.8 Å². The Balaban J connectivity index is 1.23. The third-order valence-electron chi connectivity index (χ3n) is 8.63. The Kier molecular flexibility index (Phi) is 4.41. The molecule has 9 nitrogen and oxygen atoms in total. The van der Waals surface area contributed by atoms with Crippen LogP contribution in [0.15, 0.2) is 24.5 Å². The summed E-state index contributed by atoms with van der Waals surface area (Å²) in [5.74, 6) is -0.594. The van der Waals surface area contributed by atoms with E-state index >= 15 is 0 Å². The number of carbonyl (C=O) groups excluding carboxylic acids is 3. The topological polar surface area (TPSA) is 125 Å². The average Bonchev–Trinajstić information content (AvgIpc) is 3.55. The maximum atomic E-state index is 13.5. The number of aromatic nitrogens is 3. The van der Waals surface area contributed by atoms with Crippen molar-refractivity contribution in [3.05, 3.63) is 47.0 Å². The average molecular weight is 449 g/mol. The van der Waals surface area contributed by atoms with E-state index in [9.17, 15) is 14.4 Å². The predicted octanol–water partition coefficient (Wildman–Crippen LogP) is 1.48. The summed E-state index contributed by atoms with van der Waals surface area (Å²) in [6.45, 7) is 2.72. The fraction of sp³-hybridized carbons (Fsp3) is 0.542. The third-order valence-corrected chi connectivity index (χ3v) is 8.63. The quantitative estimate of drug-likeness (QED) is 0.736. The van der Waals surface area contributed by atoms with Gasteiger partial charge in [0.15, 0.2) is 0 Å². The van der Waals surface area contributed by atoms with Crippen LogP contribution in [0.4, 0.5) is 0 Å². The lowest BCUT2D eigenvalue weighted by Gasteiger charge is -2.41. The van der Waals surface area contributed by atoms with Gasteiger partial charge in [-0.3, -0.25) is 24.5 Å². The van der Waals surface area contributed by atoms with Crippen LogP contribution in [0.3, 0.4) is 0 Å². The highest BCUT2D eigenvalue weighted by Gasteiger charge is 2.65. The molecule has 0 bridgehead atoms. The number of pyridine rings is 1. The van der Waals surface area contributed by atoms with Gasteiger partial charge in [-0.25, -0.2) is 0 Å². The summed E-state index contributed by atoms with van der Waals surface area (Å²) in [5, 5.41) is 7.18. The van der Waals surface area contributed by atoms with Gasteiger partial charge in [-0.2, -0.15) is 5.10 Å². The lowest BCUT2D eigenvalue weighted by molar-refractivity contribution is -0.132. The van der Waals surface area contributed by atoms with Gasteiger partial charge in [0.05, 0.1) is 23.4 Å². The Morgan fingerprint density at radius 1 is 1.00 bits per heavy atom. The molecule has 9 heteroatoms. The van der Waals surface area contributed by atoms with E-state index in [4.69, 9.17) is 5.73 Å². The van der Waals surface area contributed by atoms with Crippen molar-refractivity contribution < 1.29 is 14.4 Å². The van der Waals surface area contributed by atoms with E-state index in [2.05, 4.69) is 20.1 Å². The molecule has 2 saturated heterocycles. The molecule has 0 aromatic carbocycles. The number of amides is 3. The molecule has 2 aliphatic carbocycles. The second kappa shape index (κ2) is 7.13. The number of hydrogen-bond acceptors (Lipinski definition) is 5. The van der Waals surface area contributed by atoms with Crippen molar-refractivity contribution in [2.45, 2.75) is 44.4 Å². The number of primary amides is 1. The first kappa shape index (κ1) is 20.4. The lowest BCUT2D eigenvalue weighted by atomic mass is 9.60. The minimum Gasteiger partial charge on any atom is -0.366 e. The summed E-state index contributed by atoms with van der Waals surface area (Å²) < 4.78 is 0. The molecule has 3 amide bonds. The number of nitrogens with zero attached hydrogens (tertiary/aromatic N) is 4. The van der Waals surface area contributed by atoms with Gasteiger partial charge < -0.3 is 15.5 Å². The molecule has 4 heterocycles. The number of likely N-dealkylation sites (tertiary alicyclic amines) is 2. The highest BCUT2D eigenvalue weighted by atomic mass is 16.2. The summed E-state index contributed by atoms with van der Waals surface area (Å²) in [6, 6.07) is 3.13. The molecule has 1 saturated carbocycles. The first-order chi connectivity index (χ1) is 15.9. The van der Waals surface area contributed by atoms with Crippen molar-refractivity contribution in [3.63, 3.8) is 0 Å². The van der Waals surface area contributed by atoms with Crippen LogP contribution in [0.5, 0.6) is 0 Å². The van der Waals surface area contributed by atoms with Crippen molar-refractivity contribution in [2.75, 3.05) is 26.2 Å². The van der Waals surface area contributed by atoms with Crippen LogP contribution in [0.2, 0.25) is 0 Å². The number of nitrogens with one attached hydrogen (secondary N) is 1. The lowest BCUT2D eigenvalue weighted by Crippen LogP contribution is -2.42. The number of aromatic amines is 1. The van der Waals surface area contributed by atoms with Crippen LogP contribution >= 0.6 is 0 Å². The van der Waals surface area contributed by atoms with Crippen LogP contribution in [0, 0.1) is 10.8 Å². The first-order valence-electron chi connectivity index (χ1n) is 11.8. The Morgan fingerprint density at radius 3 is 2.33 bits per heavy atom. The number of H-pyrrole nitrogens is 1. The zero-order valence-corrected chi connectivity index (χ0v) is 18.5. The largest absolute Gasteiger partial charge is 0.366 e. The monoisotopic (exact) mass is 448 g/mol. The minimum atomic E-state index is -0.560. The van der Waals surface area contributed by atoms with Crippen LogP contribution in [0.25, 0.3) is 0 Å². The molecule has 3 unspecified atom stereocenters. The molecular formula is C24H28N6O3. The van der Waals surface area contributed by atoms with E-state index in [-0.39, 0.29) is 34.1 Å². The second-order valence-electron chi connectivity index (χ2n) is 10.3. The zero-order valence-electron chi connectivity index (χ0n) is 18.5. The van der Waals surface area contributed by atoms with Gasteiger partial charge in [0.25, 0.3) is 5.91 Å². The van der Waals surface area contributed by atoms with Crippen molar-refractivity contribution in [1.82, 2.24) is 25.0 Å². The second-order valence-corrected chi connectivity index (χ2v) is 10.3. The van der Waals surface area contributed by atoms with E-state index < -0.39 is 5.91 Å². The normalized spacial score (nSPS) is 30.1. The number of hydrogen-bond donors (Lipinski definition) is 2. The molecule has 3 fully saturated rings. The first-order valence-corrected chi connectivity index (χ1v) is 11.8. The van der Waals surface area contributed by atoms with E-state index in [1.807, 2.05) is 11.1 Å². The number of fused-ring (bicyclic) bond motifs is 1. The molecule has 0 spiro atoms. The summed E-state index contributed by atoms with van der Waals surface area (Å²) in [5.41, 5.74) is 7.94.